The standard InChI is InChI=1S/C16H22N2O3/c1-11(13(17)12-6-3-2-4-7-12)14(19)18-10-16(15(20)21)8-5-9-16/h2-4,6-7,11,13H,5,8-10,17H2,1H3,(H,18,19)(H,20,21). The van der Waals surface area contributed by atoms with Crippen LogP contribution in [0, 0.1) is 11.3 Å². The van der Waals surface area contributed by atoms with E-state index in [1.54, 1.807) is 6.92 Å². The SMILES string of the molecule is CC(C(=O)NCC1(C(=O)O)CCC1)C(N)c1ccccc1. The quantitative estimate of drug-likeness (QED) is 0.743. The van der Waals surface area contributed by atoms with Gasteiger partial charge in [-0.3, -0.25) is 9.59 Å². The Bertz CT molecular complexity index is 512. The molecule has 2 rings (SSSR count). The van der Waals surface area contributed by atoms with Crippen LogP contribution in [-0.2, 0) is 9.59 Å². The molecule has 4 N–H and O–H groups in total. The van der Waals surface area contributed by atoms with Crippen LogP contribution in [-0.4, -0.2) is 23.5 Å². The maximum atomic E-state index is 12.2. The van der Waals surface area contributed by atoms with Gasteiger partial charge in [-0.05, 0) is 18.4 Å². The third-order valence-corrected chi connectivity index (χ3v) is 4.50. The Morgan fingerprint density at radius 3 is 2.43 bits per heavy atom. The van der Waals surface area contributed by atoms with Gasteiger partial charge in [0.15, 0.2) is 0 Å². The molecule has 5 nitrogen and oxygen atoms in total. The summed E-state index contributed by atoms with van der Waals surface area (Å²) in [6, 6.07) is 9.04. The zero-order valence-corrected chi connectivity index (χ0v) is 12.2. The number of hydrogen-bond donors (Lipinski definition) is 3. The Hall–Kier alpha value is -1.88. The second-order valence-corrected chi connectivity index (χ2v) is 5.88. The van der Waals surface area contributed by atoms with Gasteiger partial charge in [0.1, 0.15) is 0 Å². The fourth-order valence-corrected chi connectivity index (χ4v) is 2.61. The van der Waals surface area contributed by atoms with Crippen LogP contribution >= 0.6 is 0 Å². The van der Waals surface area contributed by atoms with Gasteiger partial charge in [-0.25, -0.2) is 0 Å². The van der Waals surface area contributed by atoms with Gasteiger partial charge >= 0.3 is 5.97 Å². The maximum Gasteiger partial charge on any atom is 0.311 e. The minimum Gasteiger partial charge on any atom is -0.481 e. The molecule has 0 aromatic heterocycles. The number of aliphatic carboxylic acids is 1. The van der Waals surface area contributed by atoms with Crippen molar-refractivity contribution in [1.82, 2.24) is 5.32 Å². The van der Waals surface area contributed by atoms with E-state index in [0.717, 1.165) is 12.0 Å². The van der Waals surface area contributed by atoms with Crippen molar-refractivity contribution >= 4 is 11.9 Å². The lowest BCUT2D eigenvalue weighted by Gasteiger charge is -2.38. The first-order valence-corrected chi connectivity index (χ1v) is 7.28. The van der Waals surface area contributed by atoms with E-state index in [2.05, 4.69) is 5.32 Å². The third kappa shape index (κ3) is 3.24. The number of carboxylic acid groups (broad SMARTS) is 1. The maximum absolute atomic E-state index is 12.2. The number of hydrogen-bond acceptors (Lipinski definition) is 3. The van der Waals surface area contributed by atoms with Gasteiger partial charge in [-0.2, -0.15) is 0 Å². The van der Waals surface area contributed by atoms with E-state index in [4.69, 9.17) is 5.73 Å². The highest BCUT2D eigenvalue weighted by Crippen LogP contribution is 2.40. The van der Waals surface area contributed by atoms with E-state index in [9.17, 15) is 14.7 Å². The summed E-state index contributed by atoms with van der Waals surface area (Å²) < 4.78 is 0. The first-order chi connectivity index (χ1) is 9.96. The van der Waals surface area contributed by atoms with E-state index in [1.807, 2.05) is 30.3 Å². The Morgan fingerprint density at radius 1 is 1.33 bits per heavy atom. The molecule has 0 aliphatic heterocycles. The summed E-state index contributed by atoms with van der Waals surface area (Å²) in [6.45, 7) is 1.95. The molecule has 21 heavy (non-hydrogen) atoms. The predicted molar refractivity (Wildman–Crippen MR) is 79.5 cm³/mol. The second-order valence-electron chi connectivity index (χ2n) is 5.88. The van der Waals surface area contributed by atoms with Crippen molar-refractivity contribution in [3.05, 3.63) is 35.9 Å². The highest BCUT2D eigenvalue weighted by atomic mass is 16.4. The van der Waals surface area contributed by atoms with E-state index in [0.29, 0.717) is 12.8 Å². The van der Waals surface area contributed by atoms with E-state index < -0.39 is 23.3 Å². The summed E-state index contributed by atoms with van der Waals surface area (Å²) in [6.07, 6.45) is 2.16. The zero-order valence-electron chi connectivity index (χ0n) is 12.2. The Balaban J connectivity index is 1.92. The summed E-state index contributed by atoms with van der Waals surface area (Å²) in [5.74, 6) is -1.42. The van der Waals surface area contributed by atoms with Crippen molar-refractivity contribution in [3.63, 3.8) is 0 Å². The molecule has 0 bridgehead atoms. The van der Waals surface area contributed by atoms with Gasteiger partial charge in [0.2, 0.25) is 5.91 Å². The number of nitrogens with two attached hydrogens (primary N) is 1. The number of carbonyl (C=O) groups is 2. The average Bonchev–Trinajstić information content (AvgIpc) is 2.44. The molecule has 1 fully saturated rings. The highest BCUT2D eigenvalue weighted by molar-refractivity contribution is 5.81. The molecular formula is C16H22N2O3. The van der Waals surface area contributed by atoms with Gasteiger partial charge in [-0.1, -0.05) is 43.7 Å². The molecule has 1 aromatic carbocycles. The lowest BCUT2D eigenvalue weighted by atomic mass is 9.68. The second kappa shape index (κ2) is 6.26. The molecule has 1 aromatic rings. The summed E-state index contributed by atoms with van der Waals surface area (Å²) in [7, 11) is 0. The van der Waals surface area contributed by atoms with Crippen LogP contribution in [0.3, 0.4) is 0 Å². The number of carbonyl (C=O) groups excluding carboxylic acids is 1. The zero-order chi connectivity index (χ0) is 15.5. The van der Waals surface area contributed by atoms with Crippen LogP contribution in [0.1, 0.15) is 37.8 Å². The number of carboxylic acids is 1. The van der Waals surface area contributed by atoms with Gasteiger partial charge in [0.25, 0.3) is 0 Å². The van der Waals surface area contributed by atoms with Gasteiger partial charge in [-0.15, -0.1) is 0 Å². The van der Waals surface area contributed by atoms with E-state index in [1.165, 1.54) is 0 Å². The molecule has 0 radical (unpaired) electrons. The predicted octanol–water partition coefficient (Wildman–Crippen LogP) is 1.69. The van der Waals surface area contributed by atoms with Crippen molar-refractivity contribution < 1.29 is 14.7 Å². The van der Waals surface area contributed by atoms with Crippen LogP contribution in [0.4, 0.5) is 0 Å². The van der Waals surface area contributed by atoms with Crippen LogP contribution in [0.15, 0.2) is 30.3 Å². The van der Waals surface area contributed by atoms with Crippen molar-refractivity contribution in [1.29, 1.82) is 0 Å². The first-order valence-electron chi connectivity index (χ1n) is 7.28. The molecule has 5 heteroatoms. The number of rotatable bonds is 6. The number of nitrogens with one attached hydrogen (secondary N) is 1. The lowest BCUT2D eigenvalue weighted by Crippen LogP contribution is -2.49. The topological polar surface area (TPSA) is 92.4 Å². The number of amides is 1. The van der Waals surface area contributed by atoms with Gasteiger partial charge in [0, 0.05) is 12.6 Å². The Kier molecular flexibility index (Phi) is 4.63. The molecule has 0 saturated heterocycles. The average molecular weight is 290 g/mol. The van der Waals surface area contributed by atoms with Gasteiger partial charge < -0.3 is 16.2 Å². The minimum atomic E-state index is -0.825. The van der Waals surface area contributed by atoms with E-state index >= 15 is 0 Å². The van der Waals surface area contributed by atoms with Crippen LogP contribution in [0.25, 0.3) is 0 Å². The molecule has 0 heterocycles. The summed E-state index contributed by atoms with van der Waals surface area (Å²) in [4.78, 5) is 23.4. The molecule has 0 spiro atoms. The Labute approximate surface area is 124 Å². The Morgan fingerprint density at radius 2 is 1.95 bits per heavy atom. The molecular weight excluding hydrogens is 268 g/mol. The molecule has 114 valence electrons. The lowest BCUT2D eigenvalue weighted by molar-refractivity contribution is -0.154. The largest absolute Gasteiger partial charge is 0.481 e. The smallest absolute Gasteiger partial charge is 0.311 e. The molecule has 2 unspecified atom stereocenters. The molecule has 1 aliphatic carbocycles. The van der Waals surface area contributed by atoms with Crippen LogP contribution < -0.4 is 11.1 Å². The fourth-order valence-electron chi connectivity index (χ4n) is 2.61. The molecule has 1 amide bonds. The summed E-state index contributed by atoms with van der Waals surface area (Å²) >= 11 is 0. The van der Waals surface area contributed by atoms with Crippen molar-refractivity contribution in [2.45, 2.75) is 32.2 Å². The highest BCUT2D eigenvalue weighted by Gasteiger charge is 2.44. The molecule has 1 aliphatic rings. The summed E-state index contributed by atoms with van der Waals surface area (Å²) in [5, 5.41) is 12.0. The monoisotopic (exact) mass is 290 g/mol. The van der Waals surface area contributed by atoms with Crippen LogP contribution in [0.5, 0.6) is 0 Å². The van der Waals surface area contributed by atoms with Crippen LogP contribution in [0.2, 0.25) is 0 Å². The third-order valence-electron chi connectivity index (χ3n) is 4.50. The van der Waals surface area contributed by atoms with Gasteiger partial charge in [0.05, 0.1) is 11.3 Å². The van der Waals surface area contributed by atoms with Crippen molar-refractivity contribution in [3.8, 4) is 0 Å². The normalized spacial score (nSPS) is 19.1. The first kappa shape index (κ1) is 15.5. The van der Waals surface area contributed by atoms with Crippen molar-refractivity contribution in [2.75, 3.05) is 6.54 Å². The summed E-state index contributed by atoms with van der Waals surface area (Å²) in [5.41, 5.74) is 6.24. The fraction of sp³-hybridized carbons (Fsp3) is 0.500. The van der Waals surface area contributed by atoms with Crippen molar-refractivity contribution in [2.24, 2.45) is 17.1 Å². The molecule has 2 atom stereocenters. The van der Waals surface area contributed by atoms with E-state index in [-0.39, 0.29) is 12.5 Å². The molecule has 1 saturated carbocycles. The minimum absolute atomic E-state index is 0.188. The number of benzene rings is 1.